The van der Waals surface area contributed by atoms with Gasteiger partial charge in [-0.25, -0.2) is 0 Å². The van der Waals surface area contributed by atoms with Crippen LogP contribution in [0, 0.1) is 6.92 Å². The molecule has 180 valence electrons. The lowest BCUT2D eigenvalue weighted by molar-refractivity contribution is -0.121. The Labute approximate surface area is 209 Å². The number of nitrogens with zero attached hydrogens (tertiary/aromatic N) is 2. The van der Waals surface area contributed by atoms with Crippen LogP contribution in [-0.2, 0) is 26.0 Å². The van der Waals surface area contributed by atoms with Crippen molar-refractivity contribution < 1.29 is 18.0 Å². The van der Waals surface area contributed by atoms with Crippen molar-refractivity contribution in [3.8, 4) is 0 Å². The average Bonchev–Trinajstić information content (AvgIpc) is 3.14. The monoisotopic (exact) mass is 507 g/mol. The summed E-state index contributed by atoms with van der Waals surface area (Å²) >= 11 is 0.979. The van der Waals surface area contributed by atoms with Crippen LogP contribution in [0.2, 0.25) is 0 Å². The van der Waals surface area contributed by atoms with Gasteiger partial charge in [-0.05, 0) is 55.3 Å². The van der Waals surface area contributed by atoms with Gasteiger partial charge in [-0.1, -0.05) is 66.7 Å². The number of thioether (sulfide) groups is 1. The van der Waals surface area contributed by atoms with Crippen molar-refractivity contribution >= 4 is 50.1 Å². The molecule has 1 atom stereocenters. The lowest BCUT2D eigenvalue weighted by atomic mass is 10.2. The zero-order chi connectivity index (χ0) is 25.0. The Kier molecular flexibility index (Phi) is 7.37. The first kappa shape index (κ1) is 24.7. The van der Waals surface area contributed by atoms with E-state index in [1.54, 1.807) is 54.6 Å². The highest BCUT2D eigenvalue weighted by Gasteiger charge is 2.41. The summed E-state index contributed by atoms with van der Waals surface area (Å²) in [6.07, 6.45) is 0.665. The van der Waals surface area contributed by atoms with E-state index in [-0.39, 0.29) is 22.4 Å². The predicted octanol–water partition coefficient (Wildman–Crippen LogP) is 4.78. The first-order valence-corrected chi connectivity index (χ1v) is 13.4. The first-order chi connectivity index (χ1) is 16.8. The van der Waals surface area contributed by atoms with Crippen molar-refractivity contribution in [1.82, 2.24) is 0 Å². The van der Waals surface area contributed by atoms with Crippen molar-refractivity contribution in [2.24, 2.45) is 4.40 Å². The second-order valence-electron chi connectivity index (χ2n) is 8.08. The molecule has 2 amide bonds. The molecule has 1 fully saturated rings. The Morgan fingerprint density at radius 3 is 2.29 bits per heavy atom. The number of carbonyl (C=O) groups is 2. The number of rotatable bonds is 7. The quantitative estimate of drug-likeness (QED) is 0.497. The van der Waals surface area contributed by atoms with Gasteiger partial charge >= 0.3 is 0 Å². The minimum atomic E-state index is -4.06. The first-order valence-electron chi connectivity index (χ1n) is 11.1. The van der Waals surface area contributed by atoms with Crippen LogP contribution in [0.4, 0.5) is 11.4 Å². The third-order valence-electron chi connectivity index (χ3n) is 5.48. The van der Waals surface area contributed by atoms with Crippen molar-refractivity contribution in [3.63, 3.8) is 0 Å². The summed E-state index contributed by atoms with van der Waals surface area (Å²) < 4.78 is 30.1. The van der Waals surface area contributed by atoms with Crippen LogP contribution in [0.25, 0.3) is 0 Å². The standard InChI is InChI=1S/C26H25N3O4S2/c1-3-19-11-15-22(16-12-19)35(32,33)28-26-29(21-7-5-4-6-8-21)25(31)23(34-26)17-24(30)27-20-13-9-18(2)10-14-20/h4-16,23H,3,17H2,1-2H3,(H,27,30)/t23-/m1/s1. The van der Waals surface area contributed by atoms with Gasteiger partial charge < -0.3 is 5.32 Å². The molecule has 0 unspecified atom stereocenters. The molecule has 1 heterocycles. The molecule has 4 rings (SSSR count). The molecule has 9 heteroatoms. The smallest absolute Gasteiger partial charge is 0.284 e. The van der Waals surface area contributed by atoms with Crippen LogP contribution in [0.1, 0.15) is 24.5 Å². The van der Waals surface area contributed by atoms with Gasteiger partial charge in [0.1, 0.15) is 5.25 Å². The molecule has 0 bridgehead atoms. The fraction of sp³-hybridized carbons (Fsp3) is 0.192. The molecule has 0 aromatic heterocycles. The van der Waals surface area contributed by atoms with Crippen LogP contribution in [0.3, 0.4) is 0 Å². The molecule has 0 radical (unpaired) electrons. The molecule has 1 aliphatic heterocycles. The maximum absolute atomic E-state index is 13.3. The van der Waals surface area contributed by atoms with E-state index in [0.717, 1.165) is 29.3 Å². The number of amides is 2. The molecule has 1 aliphatic rings. The Morgan fingerprint density at radius 1 is 1.00 bits per heavy atom. The van der Waals surface area contributed by atoms with Gasteiger partial charge in [0.2, 0.25) is 11.8 Å². The van der Waals surface area contributed by atoms with E-state index in [1.807, 2.05) is 26.0 Å². The summed E-state index contributed by atoms with van der Waals surface area (Å²) in [6.45, 7) is 3.93. The average molecular weight is 508 g/mol. The minimum Gasteiger partial charge on any atom is -0.326 e. The number of aryl methyl sites for hydroxylation is 2. The van der Waals surface area contributed by atoms with E-state index in [4.69, 9.17) is 0 Å². The molecule has 35 heavy (non-hydrogen) atoms. The summed E-state index contributed by atoms with van der Waals surface area (Å²) in [5.74, 6) is -0.734. The summed E-state index contributed by atoms with van der Waals surface area (Å²) in [4.78, 5) is 27.3. The normalized spacial score (nSPS) is 17.1. The van der Waals surface area contributed by atoms with Gasteiger partial charge in [0.15, 0.2) is 5.17 Å². The number of hydrogen-bond acceptors (Lipinski definition) is 5. The highest BCUT2D eigenvalue weighted by Crippen LogP contribution is 2.35. The van der Waals surface area contributed by atoms with Crippen molar-refractivity contribution in [3.05, 3.63) is 90.0 Å². The maximum Gasteiger partial charge on any atom is 0.284 e. The van der Waals surface area contributed by atoms with Crippen LogP contribution in [0.5, 0.6) is 0 Å². The fourth-order valence-electron chi connectivity index (χ4n) is 3.54. The Morgan fingerprint density at radius 2 is 1.66 bits per heavy atom. The molecule has 0 aliphatic carbocycles. The Balaban J connectivity index is 1.61. The Hall–Kier alpha value is -3.43. The SMILES string of the molecule is CCc1ccc(S(=O)(=O)N=C2S[C@H](CC(=O)Nc3ccc(C)cc3)C(=O)N2c2ccccc2)cc1. The fourth-order valence-corrected chi connectivity index (χ4v) is 5.88. The lowest BCUT2D eigenvalue weighted by Gasteiger charge is -2.16. The molecule has 7 nitrogen and oxygen atoms in total. The third-order valence-corrected chi connectivity index (χ3v) is 8.02. The topological polar surface area (TPSA) is 95.9 Å². The van der Waals surface area contributed by atoms with Crippen LogP contribution >= 0.6 is 11.8 Å². The van der Waals surface area contributed by atoms with E-state index in [1.165, 1.54) is 17.0 Å². The zero-order valence-corrected chi connectivity index (χ0v) is 21.0. The number of carbonyl (C=O) groups excluding carboxylic acids is 2. The summed E-state index contributed by atoms with van der Waals surface area (Å²) in [6, 6.07) is 22.5. The largest absolute Gasteiger partial charge is 0.326 e. The van der Waals surface area contributed by atoms with E-state index in [2.05, 4.69) is 9.71 Å². The maximum atomic E-state index is 13.3. The number of hydrogen-bond donors (Lipinski definition) is 1. The molecular formula is C26H25N3O4S2. The number of nitrogens with one attached hydrogen (secondary N) is 1. The second-order valence-corrected chi connectivity index (χ2v) is 10.9. The highest BCUT2D eigenvalue weighted by molar-refractivity contribution is 8.16. The molecule has 3 aromatic carbocycles. The Bertz CT molecular complexity index is 1350. The van der Waals surface area contributed by atoms with Gasteiger partial charge in [-0.2, -0.15) is 8.42 Å². The van der Waals surface area contributed by atoms with Crippen molar-refractivity contribution in [1.29, 1.82) is 0 Å². The summed E-state index contributed by atoms with van der Waals surface area (Å²) in [7, 11) is -4.06. The number of para-hydroxylation sites is 1. The van der Waals surface area contributed by atoms with E-state index < -0.39 is 21.2 Å². The van der Waals surface area contributed by atoms with Gasteiger partial charge in [0.25, 0.3) is 10.0 Å². The number of amidine groups is 1. The lowest BCUT2D eigenvalue weighted by Crippen LogP contribution is -2.33. The van der Waals surface area contributed by atoms with E-state index in [0.29, 0.717) is 11.4 Å². The van der Waals surface area contributed by atoms with Gasteiger partial charge in [0.05, 0.1) is 10.6 Å². The van der Waals surface area contributed by atoms with Gasteiger partial charge in [-0.15, -0.1) is 4.40 Å². The predicted molar refractivity (Wildman–Crippen MR) is 140 cm³/mol. The number of sulfonamides is 1. The van der Waals surface area contributed by atoms with Crippen LogP contribution < -0.4 is 10.2 Å². The molecular weight excluding hydrogens is 482 g/mol. The third kappa shape index (κ3) is 5.80. The molecule has 3 aromatic rings. The summed E-state index contributed by atoms with van der Waals surface area (Å²) in [5.41, 5.74) is 3.19. The van der Waals surface area contributed by atoms with Crippen molar-refractivity contribution in [2.45, 2.75) is 36.8 Å². The van der Waals surface area contributed by atoms with E-state index in [9.17, 15) is 18.0 Å². The van der Waals surface area contributed by atoms with Crippen LogP contribution in [-0.4, -0.2) is 30.6 Å². The molecule has 0 saturated carbocycles. The molecule has 1 saturated heterocycles. The van der Waals surface area contributed by atoms with Crippen LogP contribution in [0.15, 0.2) is 88.2 Å². The molecule has 1 N–H and O–H groups in total. The van der Waals surface area contributed by atoms with Crippen molar-refractivity contribution in [2.75, 3.05) is 10.2 Å². The highest BCUT2D eigenvalue weighted by atomic mass is 32.2. The van der Waals surface area contributed by atoms with Gasteiger partial charge in [-0.3, -0.25) is 14.5 Å². The molecule has 0 spiro atoms. The summed E-state index contributed by atoms with van der Waals surface area (Å²) in [5, 5.41) is 2.00. The zero-order valence-electron chi connectivity index (χ0n) is 19.3. The number of benzene rings is 3. The van der Waals surface area contributed by atoms with E-state index >= 15 is 0 Å². The second kappa shape index (κ2) is 10.5. The number of anilines is 2. The van der Waals surface area contributed by atoms with Gasteiger partial charge in [0, 0.05) is 12.1 Å². The minimum absolute atomic E-state index is 0.0221.